The smallest absolute Gasteiger partial charge is 0.270 e. The third-order valence-electron chi connectivity index (χ3n) is 3.35. The number of rotatable bonds is 3. The molecule has 7 heteroatoms. The second-order valence-electron chi connectivity index (χ2n) is 5.38. The fourth-order valence-corrected chi connectivity index (χ4v) is 2.23. The van der Waals surface area contributed by atoms with Gasteiger partial charge in [-0.15, -0.1) is 0 Å². The Morgan fingerprint density at radius 2 is 1.86 bits per heavy atom. The van der Waals surface area contributed by atoms with Crippen LogP contribution in [-0.2, 0) is 4.79 Å². The molecular weight excluding hydrogens is 270 g/mol. The standard InChI is InChI=1S/C14H21N5O2/c1-10(2)17-14(21)12-8-13(16-9-15-12)19-6-4-18(5-7-19)11(3)20/h8-10H,4-7H2,1-3H3,(H,17,21). The first-order valence-electron chi connectivity index (χ1n) is 7.10. The maximum Gasteiger partial charge on any atom is 0.270 e. The maximum absolute atomic E-state index is 12.0. The minimum atomic E-state index is -0.198. The summed E-state index contributed by atoms with van der Waals surface area (Å²) in [5.41, 5.74) is 0.364. The lowest BCUT2D eigenvalue weighted by Crippen LogP contribution is -2.48. The van der Waals surface area contributed by atoms with Crippen molar-refractivity contribution in [3.8, 4) is 0 Å². The van der Waals surface area contributed by atoms with Crippen molar-refractivity contribution in [2.45, 2.75) is 26.8 Å². The SMILES string of the molecule is CC(=O)N1CCN(c2cc(C(=O)NC(C)C)ncn2)CC1. The van der Waals surface area contributed by atoms with Crippen LogP contribution < -0.4 is 10.2 Å². The summed E-state index contributed by atoms with van der Waals surface area (Å²) in [6.45, 7) is 8.15. The summed E-state index contributed by atoms with van der Waals surface area (Å²) in [4.78, 5) is 35.4. The largest absolute Gasteiger partial charge is 0.353 e. The summed E-state index contributed by atoms with van der Waals surface area (Å²) in [6.07, 6.45) is 1.40. The number of nitrogens with one attached hydrogen (secondary N) is 1. The van der Waals surface area contributed by atoms with E-state index in [1.54, 1.807) is 13.0 Å². The van der Waals surface area contributed by atoms with E-state index in [-0.39, 0.29) is 17.9 Å². The molecule has 0 spiro atoms. The lowest BCUT2D eigenvalue weighted by atomic mass is 10.2. The first-order chi connectivity index (χ1) is 9.97. The third kappa shape index (κ3) is 3.90. The van der Waals surface area contributed by atoms with Crippen LogP contribution in [-0.4, -0.2) is 58.9 Å². The monoisotopic (exact) mass is 291 g/mol. The van der Waals surface area contributed by atoms with Gasteiger partial charge in [0.25, 0.3) is 5.91 Å². The topological polar surface area (TPSA) is 78.4 Å². The summed E-state index contributed by atoms with van der Waals surface area (Å²) in [6, 6.07) is 1.76. The van der Waals surface area contributed by atoms with Crippen molar-refractivity contribution in [1.29, 1.82) is 0 Å². The van der Waals surface area contributed by atoms with Gasteiger partial charge in [-0.3, -0.25) is 9.59 Å². The Bertz CT molecular complexity index is 524. The average molecular weight is 291 g/mol. The summed E-state index contributed by atoms with van der Waals surface area (Å²) < 4.78 is 0. The summed E-state index contributed by atoms with van der Waals surface area (Å²) in [7, 11) is 0. The van der Waals surface area contributed by atoms with Crippen LogP contribution in [0.25, 0.3) is 0 Å². The van der Waals surface area contributed by atoms with E-state index < -0.39 is 0 Å². The quantitative estimate of drug-likeness (QED) is 0.865. The number of hydrogen-bond donors (Lipinski definition) is 1. The third-order valence-corrected chi connectivity index (χ3v) is 3.35. The van der Waals surface area contributed by atoms with E-state index in [1.165, 1.54) is 6.33 Å². The summed E-state index contributed by atoms with van der Waals surface area (Å²) >= 11 is 0. The lowest BCUT2D eigenvalue weighted by Gasteiger charge is -2.34. The average Bonchev–Trinajstić information content (AvgIpc) is 2.47. The molecule has 1 fully saturated rings. The fraction of sp³-hybridized carbons (Fsp3) is 0.571. The van der Waals surface area contributed by atoms with Crippen LogP contribution >= 0.6 is 0 Å². The lowest BCUT2D eigenvalue weighted by molar-refractivity contribution is -0.129. The Labute approximate surface area is 124 Å². The van der Waals surface area contributed by atoms with Crippen molar-refractivity contribution in [1.82, 2.24) is 20.2 Å². The number of hydrogen-bond acceptors (Lipinski definition) is 5. The van der Waals surface area contributed by atoms with Crippen LogP contribution in [0.4, 0.5) is 5.82 Å². The van der Waals surface area contributed by atoms with Crippen LogP contribution in [0.2, 0.25) is 0 Å². The molecule has 0 aliphatic carbocycles. The number of aromatic nitrogens is 2. The zero-order valence-corrected chi connectivity index (χ0v) is 12.7. The van der Waals surface area contributed by atoms with Gasteiger partial charge in [-0.1, -0.05) is 0 Å². The van der Waals surface area contributed by atoms with Gasteiger partial charge >= 0.3 is 0 Å². The molecule has 2 heterocycles. The normalized spacial score (nSPS) is 15.2. The molecule has 114 valence electrons. The molecule has 1 aliphatic heterocycles. The predicted octanol–water partition coefficient (Wildman–Crippen LogP) is 0.283. The van der Waals surface area contributed by atoms with Gasteiger partial charge in [0.1, 0.15) is 17.8 Å². The van der Waals surface area contributed by atoms with Crippen LogP contribution in [0.1, 0.15) is 31.3 Å². The molecule has 1 saturated heterocycles. The molecule has 1 aliphatic rings. The van der Waals surface area contributed by atoms with Gasteiger partial charge in [0.2, 0.25) is 5.91 Å². The van der Waals surface area contributed by atoms with E-state index in [4.69, 9.17) is 0 Å². The van der Waals surface area contributed by atoms with Gasteiger partial charge in [-0.25, -0.2) is 9.97 Å². The number of anilines is 1. The molecule has 2 rings (SSSR count). The van der Waals surface area contributed by atoms with E-state index in [9.17, 15) is 9.59 Å². The number of nitrogens with zero attached hydrogens (tertiary/aromatic N) is 4. The molecule has 0 aromatic carbocycles. The second-order valence-corrected chi connectivity index (χ2v) is 5.38. The zero-order valence-electron chi connectivity index (χ0n) is 12.7. The Morgan fingerprint density at radius 1 is 1.19 bits per heavy atom. The highest BCUT2D eigenvalue weighted by Crippen LogP contribution is 2.14. The molecule has 1 N–H and O–H groups in total. The van der Waals surface area contributed by atoms with Crippen molar-refractivity contribution in [2.24, 2.45) is 0 Å². The van der Waals surface area contributed by atoms with Crippen LogP contribution in [0.15, 0.2) is 12.4 Å². The molecule has 1 aromatic rings. The molecule has 0 atom stereocenters. The van der Waals surface area contributed by atoms with Gasteiger partial charge in [-0.05, 0) is 13.8 Å². The summed E-state index contributed by atoms with van der Waals surface area (Å²) in [5, 5.41) is 2.81. The highest BCUT2D eigenvalue weighted by atomic mass is 16.2. The highest BCUT2D eigenvalue weighted by Gasteiger charge is 2.20. The van der Waals surface area contributed by atoms with Gasteiger partial charge < -0.3 is 15.1 Å². The Morgan fingerprint density at radius 3 is 2.43 bits per heavy atom. The second kappa shape index (κ2) is 6.51. The van der Waals surface area contributed by atoms with Crippen molar-refractivity contribution < 1.29 is 9.59 Å². The van der Waals surface area contributed by atoms with Crippen LogP contribution in [0.3, 0.4) is 0 Å². The first-order valence-corrected chi connectivity index (χ1v) is 7.10. The molecular formula is C14H21N5O2. The maximum atomic E-state index is 12.0. The molecule has 2 amide bonds. The van der Waals surface area contributed by atoms with Gasteiger partial charge in [0, 0.05) is 45.2 Å². The summed E-state index contributed by atoms with van der Waals surface area (Å²) in [5.74, 6) is 0.618. The number of carbonyl (C=O) groups is 2. The Hall–Kier alpha value is -2.18. The predicted molar refractivity (Wildman–Crippen MR) is 79.1 cm³/mol. The van der Waals surface area contributed by atoms with Crippen molar-refractivity contribution >= 4 is 17.6 Å². The van der Waals surface area contributed by atoms with Crippen molar-refractivity contribution in [3.05, 3.63) is 18.1 Å². The number of piperazine rings is 1. The highest BCUT2D eigenvalue weighted by molar-refractivity contribution is 5.93. The molecule has 21 heavy (non-hydrogen) atoms. The van der Waals surface area contributed by atoms with Gasteiger partial charge in [-0.2, -0.15) is 0 Å². The fourth-order valence-electron chi connectivity index (χ4n) is 2.23. The van der Waals surface area contributed by atoms with E-state index >= 15 is 0 Å². The van der Waals surface area contributed by atoms with E-state index in [1.807, 2.05) is 18.7 Å². The van der Waals surface area contributed by atoms with Crippen molar-refractivity contribution in [3.63, 3.8) is 0 Å². The van der Waals surface area contributed by atoms with Crippen molar-refractivity contribution in [2.75, 3.05) is 31.1 Å². The first kappa shape index (κ1) is 15.2. The molecule has 0 saturated carbocycles. The molecule has 1 aromatic heterocycles. The molecule has 0 bridgehead atoms. The Balaban J connectivity index is 2.05. The molecule has 0 radical (unpaired) electrons. The van der Waals surface area contributed by atoms with E-state index in [0.29, 0.717) is 31.9 Å². The Kier molecular flexibility index (Phi) is 4.72. The van der Waals surface area contributed by atoms with Crippen LogP contribution in [0, 0.1) is 0 Å². The van der Waals surface area contributed by atoms with Gasteiger partial charge in [0.15, 0.2) is 0 Å². The number of carbonyl (C=O) groups excluding carboxylic acids is 2. The zero-order chi connectivity index (χ0) is 15.4. The minimum Gasteiger partial charge on any atom is -0.353 e. The molecule has 0 unspecified atom stereocenters. The van der Waals surface area contributed by atoms with Crippen LogP contribution in [0.5, 0.6) is 0 Å². The van der Waals surface area contributed by atoms with E-state index in [0.717, 1.165) is 5.82 Å². The van der Waals surface area contributed by atoms with E-state index in [2.05, 4.69) is 20.2 Å². The number of amides is 2. The molecule has 7 nitrogen and oxygen atoms in total. The van der Waals surface area contributed by atoms with Gasteiger partial charge in [0.05, 0.1) is 0 Å². The minimum absolute atomic E-state index is 0.0648.